The van der Waals surface area contributed by atoms with E-state index in [1.807, 2.05) is 13.2 Å². The van der Waals surface area contributed by atoms with E-state index in [2.05, 4.69) is 41.4 Å². The van der Waals surface area contributed by atoms with E-state index in [0.29, 0.717) is 35.9 Å². The molecule has 6 heteroatoms. The van der Waals surface area contributed by atoms with Gasteiger partial charge in [0.15, 0.2) is 5.96 Å². The zero-order valence-corrected chi connectivity index (χ0v) is 15.8. The predicted molar refractivity (Wildman–Crippen MR) is 96.5 cm³/mol. The first-order valence-corrected chi connectivity index (χ1v) is 9.48. The summed E-state index contributed by atoms with van der Waals surface area (Å²) in [6.45, 7) is 7.83. The number of nitrogens with one attached hydrogen (secondary N) is 2. The largest absolute Gasteiger partial charge is 0.443 e. The van der Waals surface area contributed by atoms with E-state index in [1.165, 1.54) is 19.3 Å². The summed E-state index contributed by atoms with van der Waals surface area (Å²) in [7, 11) is 1.82. The molecular weight excluding hydrogens is 316 g/mol. The summed E-state index contributed by atoms with van der Waals surface area (Å²) in [5, 5.41) is 7.02. The molecule has 2 heterocycles. The molecule has 3 fully saturated rings. The van der Waals surface area contributed by atoms with Crippen molar-refractivity contribution in [3.8, 4) is 0 Å². The second kappa shape index (κ2) is 6.01. The van der Waals surface area contributed by atoms with Crippen LogP contribution in [0, 0.1) is 11.3 Å². The van der Waals surface area contributed by atoms with E-state index in [-0.39, 0.29) is 5.41 Å². The second-order valence-electron chi connectivity index (χ2n) is 8.75. The van der Waals surface area contributed by atoms with E-state index in [9.17, 15) is 0 Å². The van der Waals surface area contributed by atoms with Crippen molar-refractivity contribution in [2.24, 2.45) is 16.3 Å². The molecule has 3 aliphatic rings. The van der Waals surface area contributed by atoms with Gasteiger partial charge in [0.25, 0.3) is 0 Å². The first kappa shape index (κ1) is 16.9. The van der Waals surface area contributed by atoms with Crippen molar-refractivity contribution >= 4 is 5.96 Å². The number of hydrogen-bond acceptors (Lipinski definition) is 4. The molecule has 3 unspecified atom stereocenters. The fourth-order valence-corrected chi connectivity index (χ4v) is 4.70. The van der Waals surface area contributed by atoms with Crippen LogP contribution in [0.2, 0.25) is 0 Å². The van der Waals surface area contributed by atoms with Gasteiger partial charge in [-0.15, -0.1) is 0 Å². The van der Waals surface area contributed by atoms with E-state index in [0.717, 1.165) is 24.7 Å². The van der Waals surface area contributed by atoms with Crippen LogP contribution in [0.4, 0.5) is 0 Å². The number of hydrogen-bond donors (Lipinski definition) is 2. The molecule has 6 nitrogen and oxygen atoms in total. The number of rotatable bonds is 3. The average Bonchev–Trinajstić information content (AvgIpc) is 3.13. The van der Waals surface area contributed by atoms with Gasteiger partial charge in [-0.1, -0.05) is 27.2 Å². The van der Waals surface area contributed by atoms with Gasteiger partial charge in [0.05, 0.1) is 18.8 Å². The van der Waals surface area contributed by atoms with Crippen LogP contribution in [0.25, 0.3) is 0 Å². The lowest BCUT2D eigenvalue weighted by Crippen LogP contribution is -2.72. The zero-order valence-electron chi connectivity index (χ0n) is 15.8. The number of nitrogens with zero attached hydrogens (tertiary/aromatic N) is 2. The van der Waals surface area contributed by atoms with Crippen LogP contribution in [0.15, 0.2) is 15.6 Å². The number of aromatic nitrogens is 1. The molecule has 1 aromatic rings. The number of ether oxygens (including phenoxy) is 1. The van der Waals surface area contributed by atoms with Gasteiger partial charge in [-0.25, -0.2) is 4.98 Å². The maximum absolute atomic E-state index is 5.99. The third-order valence-electron chi connectivity index (χ3n) is 6.25. The molecule has 2 N–H and O–H groups in total. The molecule has 2 aliphatic carbocycles. The molecule has 1 aromatic heterocycles. The fraction of sp³-hybridized carbons (Fsp3) is 0.789. The van der Waals surface area contributed by atoms with E-state index >= 15 is 0 Å². The summed E-state index contributed by atoms with van der Waals surface area (Å²) in [5.74, 6) is 3.07. The van der Waals surface area contributed by atoms with Gasteiger partial charge in [-0.3, -0.25) is 4.99 Å². The van der Waals surface area contributed by atoms with Crippen molar-refractivity contribution in [2.45, 2.75) is 70.6 Å². The quantitative estimate of drug-likeness (QED) is 0.650. The van der Waals surface area contributed by atoms with Crippen LogP contribution in [0.5, 0.6) is 0 Å². The van der Waals surface area contributed by atoms with Crippen molar-refractivity contribution in [1.29, 1.82) is 0 Å². The van der Waals surface area contributed by atoms with Crippen LogP contribution in [0.1, 0.15) is 58.1 Å². The number of aliphatic imine (C=N–C) groups is 1. The minimum atomic E-state index is -0.0226. The minimum absolute atomic E-state index is 0.0226. The molecule has 25 heavy (non-hydrogen) atoms. The number of guanidine groups is 1. The fourth-order valence-electron chi connectivity index (χ4n) is 4.70. The number of fused-ring (bicyclic) bond motifs is 2. The van der Waals surface area contributed by atoms with Gasteiger partial charge in [0.1, 0.15) is 5.76 Å². The van der Waals surface area contributed by atoms with E-state index in [1.54, 1.807) is 0 Å². The highest BCUT2D eigenvalue weighted by molar-refractivity contribution is 5.80. The predicted octanol–water partition coefficient (Wildman–Crippen LogP) is 2.59. The third kappa shape index (κ3) is 2.75. The van der Waals surface area contributed by atoms with Crippen molar-refractivity contribution in [2.75, 3.05) is 13.7 Å². The third-order valence-corrected chi connectivity index (χ3v) is 6.25. The Morgan fingerprint density at radius 1 is 1.40 bits per heavy atom. The topological polar surface area (TPSA) is 71.7 Å². The van der Waals surface area contributed by atoms with Gasteiger partial charge in [-0.05, 0) is 19.3 Å². The Hall–Kier alpha value is -1.56. The van der Waals surface area contributed by atoms with Crippen LogP contribution < -0.4 is 10.6 Å². The molecule has 1 saturated heterocycles. The average molecular weight is 346 g/mol. The highest BCUT2D eigenvalue weighted by Gasteiger charge is 2.66. The van der Waals surface area contributed by atoms with Crippen LogP contribution >= 0.6 is 0 Å². The van der Waals surface area contributed by atoms with E-state index < -0.39 is 0 Å². The lowest BCUT2D eigenvalue weighted by Gasteiger charge is -2.63. The Morgan fingerprint density at radius 2 is 2.20 bits per heavy atom. The van der Waals surface area contributed by atoms with Gasteiger partial charge in [-0.2, -0.15) is 0 Å². The van der Waals surface area contributed by atoms with Gasteiger partial charge >= 0.3 is 0 Å². The molecule has 0 radical (unpaired) electrons. The Kier molecular flexibility index (Phi) is 4.06. The molecule has 2 saturated carbocycles. The summed E-state index contributed by atoms with van der Waals surface area (Å²) < 4.78 is 11.8. The summed E-state index contributed by atoms with van der Waals surface area (Å²) in [5.41, 5.74) is 0.326. The minimum Gasteiger partial charge on any atom is -0.443 e. The summed E-state index contributed by atoms with van der Waals surface area (Å²) >= 11 is 0. The Labute approximate surface area is 149 Å². The van der Waals surface area contributed by atoms with Crippen molar-refractivity contribution in [1.82, 2.24) is 15.6 Å². The lowest BCUT2D eigenvalue weighted by atomic mass is 9.46. The van der Waals surface area contributed by atoms with Crippen molar-refractivity contribution in [3.05, 3.63) is 17.8 Å². The Balaban J connectivity index is 1.36. The van der Waals surface area contributed by atoms with Crippen molar-refractivity contribution in [3.63, 3.8) is 0 Å². The zero-order chi connectivity index (χ0) is 17.7. The summed E-state index contributed by atoms with van der Waals surface area (Å²) in [4.78, 5) is 8.78. The van der Waals surface area contributed by atoms with Gasteiger partial charge < -0.3 is 19.8 Å². The molecule has 138 valence electrons. The Bertz CT molecular complexity index is 657. The molecule has 3 atom stereocenters. The van der Waals surface area contributed by atoms with Crippen LogP contribution in [-0.2, 0) is 16.7 Å². The number of oxazole rings is 1. The summed E-state index contributed by atoms with van der Waals surface area (Å²) in [6, 6.07) is 0.481. The van der Waals surface area contributed by atoms with Gasteiger partial charge in [0.2, 0.25) is 5.89 Å². The molecule has 0 amide bonds. The normalized spacial score (nSPS) is 30.6. The molecule has 0 bridgehead atoms. The summed E-state index contributed by atoms with van der Waals surface area (Å²) in [6.07, 6.45) is 7.33. The second-order valence-corrected chi connectivity index (χ2v) is 8.75. The molecule has 1 aliphatic heterocycles. The van der Waals surface area contributed by atoms with Crippen LogP contribution in [-0.4, -0.2) is 36.7 Å². The first-order chi connectivity index (χ1) is 11.9. The SMILES string of the molecule is CN=C(NCc1ncc(C(C)(C)C)o1)NC1C2CCOC2C12CCC2. The monoisotopic (exact) mass is 346 g/mol. The van der Waals surface area contributed by atoms with Gasteiger partial charge in [0, 0.05) is 36.4 Å². The smallest absolute Gasteiger partial charge is 0.213 e. The molecule has 0 aromatic carbocycles. The maximum Gasteiger partial charge on any atom is 0.213 e. The standard InChI is InChI=1S/C19H30N4O2/c1-18(2,3)13-10-21-14(25-13)11-22-17(20-4)23-15-12-6-9-24-16(12)19(15)7-5-8-19/h10,12,15-16H,5-9,11H2,1-4H3,(H2,20,22,23). The Morgan fingerprint density at radius 3 is 2.80 bits per heavy atom. The molecule has 1 spiro atoms. The first-order valence-electron chi connectivity index (χ1n) is 9.48. The molecular formula is C19H30N4O2. The van der Waals surface area contributed by atoms with Crippen LogP contribution in [0.3, 0.4) is 0 Å². The highest BCUT2D eigenvalue weighted by Crippen LogP contribution is 2.62. The maximum atomic E-state index is 5.99. The molecule has 4 rings (SSSR count). The van der Waals surface area contributed by atoms with Crippen molar-refractivity contribution < 1.29 is 9.15 Å². The lowest BCUT2D eigenvalue weighted by molar-refractivity contribution is -0.171. The van der Waals surface area contributed by atoms with E-state index in [4.69, 9.17) is 9.15 Å². The highest BCUT2D eigenvalue weighted by atomic mass is 16.5.